The van der Waals surface area contributed by atoms with Gasteiger partial charge in [0.25, 0.3) is 0 Å². The standard InChI is InChI=1S/C13H25NO2S/c1-4-17-11(10(2)3)12(15)14-9-13(16)7-5-6-8-13/h10-11,16H,4-9H2,1-3H3,(H,14,15). The number of hydrogen-bond acceptors (Lipinski definition) is 3. The minimum atomic E-state index is -0.645. The summed E-state index contributed by atoms with van der Waals surface area (Å²) in [6.45, 7) is 6.62. The molecular weight excluding hydrogens is 234 g/mol. The maximum Gasteiger partial charge on any atom is 0.233 e. The molecule has 1 saturated carbocycles. The first kappa shape index (κ1) is 14.8. The third-order valence-corrected chi connectivity index (χ3v) is 4.79. The third kappa shape index (κ3) is 4.51. The molecule has 100 valence electrons. The Bertz CT molecular complexity index is 250. The fourth-order valence-electron chi connectivity index (χ4n) is 2.31. The minimum Gasteiger partial charge on any atom is -0.388 e. The molecule has 2 N–H and O–H groups in total. The number of carbonyl (C=O) groups excluding carboxylic acids is 1. The molecule has 1 atom stereocenters. The SMILES string of the molecule is CCSC(C(=O)NCC1(O)CCCC1)C(C)C. The second-order valence-electron chi connectivity index (χ2n) is 5.27. The Balaban J connectivity index is 2.41. The largest absolute Gasteiger partial charge is 0.388 e. The average Bonchev–Trinajstić information content (AvgIpc) is 2.70. The maximum atomic E-state index is 12.0. The van der Waals surface area contributed by atoms with Crippen LogP contribution in [0.25, 0.3) is 0 Å². The van der Waals surface area contributed by atoms with Gasteiger partial charge in [0.1, 0.15) is 0 Å². The molecule has 1 aliphatic carbocycles. The molecule has 0 aromatic heterocycles. The first-order chi connectivity index (χ1) is 7.98. The lowest BCUT2D eigenvalue weighted by Crippen LogP contribution is -2.45. The molecule has 1 amide bonds. The molecule has 0 bridgehead atoms. The molecule has 1 unspecified atom stereocenters. The van der Waals surface area contributed by atoms with Gasteiger partial charge in [0.05, 0.1) is 10.9 Å². The second kappa shape index (κ2) is 6.64. The van der Waals surface area contributed by atoms with Crippen LogP contribution in [-0.4, -0.2) is 34.2 Å². The first-order valence-electron chi connectivity index (χ1n) is 6.60. The van der Waals surface area contributed by atoms with Crippen molar-refractivity contribution in [2.45, 2.75) is 57.3 Å². The van der Waals surface area contributed by atoms with Crippen LogP contribution in [0.1, 0.15) is 46.5 Å². The fraction of sp³-hybridized carbons (Fsp3) is 0.923. The molecule has 1 rings (SSSR count). The summed E-state index contributed by atoms with van der Waals surface area (Å²) < 4.78 is 0. The fourth-order valence-corrected chi connectivity index (χ4v) is 3.29. The second-order valence-corrected chi connectivity index (χ2v) is 6.69. The van der Waals surface area contributed by atoms with Crippen LogP contribution in [-0.2, 0) is 4.79 Å². The zero-order valence-electron chi connectivity index (χ0n) is 11.2. The Kier molecular flexibility index (Phi) is 5.80. The summed E-state index contributed by atoms with van der Waals surface area (Å²) in [5.74, 6) is 1.35. The molecule has 0 aromatic carbocycles. The highest BCUT2D eigenvalue weighted by atomic mass is 32.2. The summed E-state index contributed by atoms with van der Waals surface area (Å²) in [5.41, 5.74) is -0.645. The molecule has 0 spiro atoms. The Morgan fingerprint density at radius 3 is 2.47 bits per heavy atom. The molecule has 4 heteroatoms. The van der Waals surface area contributed by atoms with Crippen molar-refractivity contribution in [3.05, 3.63) is 0 Å². The smallest absolute Gasteiger partial charge is 0.233 e. The van der Waals surface area contributed by atoms with Gasteiger partial charge in [-0.2, -0.15) is 0 Å². The van der Waals surface area contributed by atoms with Crippen molar-refractivity contribution in [3.8, 4) is 0 Å². The Labute approximate surface area is 109 Å². The van der Waals surface area contributed by atoms with Crippen molar-refractivity contribution in [2.24, 2.45) is 5.92 Å². The molecule has 0 heterocycles. The van der Waals surface area contributed by atoms with Crippen molar-refractivity contribution in [1.82, 2.24) is 5.32 Å². The number of nitrogens with one attached hydrogen (secondary N) is 1. The highest BCUT2D eigenvalue weighted by molar-refractivity contribution is 8.00. The number of thioether (sulfide) groups is 1. The highest BCUT2D eigenvalue weighted by Gasteiger charge is 2.32. The average molecular weight is 259 g/mol. The Morgan fingerprint density at radius 2 is 2.00 bits per heavy atom. The van der Waals surface area contributed by atoms with E-state index in [9.17, 15) is 9.90 Å². The highest BCUT2D eigenvalue weighted by Crippen LogP contribution is 2.29. The predicted octanol–water partition coefficient (Wildman–Crippen LogP) is 2.19. The van der Waals surface area contributed by atoms with Crippen LogP contribution in [0, 0.1) is 5.92 Å². The van der Waals surface area contributed by atoms with Crippen molar-refractivity contribution in [2.75, 3.05) is 12.3 Å². The van der Waals surface area contributed by atoms with E-state index in [1.807, 2.05) is 0 Å². The van der Waals surface area contributed by atoms with E-state index in [4.69, 9.17) is 0 Å². The van der Waals surface area contributed by atoms with Crippen LogP contribution in [0.2, 0.25) is 0 Å². The predicted molar refractivity (Wildman–Crippen MR) is 73.2 cm³/mol. The van der Waals surface area contributed by atoms with Gasteiger partial charge >= 0.3 is 0 Å². The Hall–Kier alpha value is -0.220. The minimum absolute atomic E-state index is 0.00463. The van der Waals surface area contributed by atoms with Gasteiger partial charge in [-0.1, -0.05) is 33.6 Å². The number of amides is 1. The lowest BCUT2D eigenvalue weighted by molar-refractivity contribution is -0.122. The zero-order valence-corrected chi connectivity index (χ0v) is 12.0. The molecule has 17 heavy (non-hydrogen) atoms. The van der Waals surface area contributed by atoms with Crippen molar-refractivity contribution in [1.29, 1.82) is 0 Å². The van der Waals surface area contributed by atoms with Gasteiger partial charge in [-0.15, -0.1) is 11.8 Å². The Morgan fingerprint density at radius 1 is 1.41 bits per heavy atom. The summed E-state index contributed by atoms with van der Waals surface area (Å²) in [4.78, 5) is 12.0. The van der Waals surface area contributed by atoms with Crippen LogP contribution in [0.3, 0.4) is 0 Å². The van der Waals surface area contributed by atoms with Crippen molar-refractivity contribution < 1.29 is 9.90 Å². The quantitative estimate of drug-likeness (QED) is 0.769. The van der Waals surface area contributed by atoms with Crippen LogP contribution in [0.5, 0.6) is 0 Å². The van der Waals surface area contributed by atoms with E-state index >= 15 is 0 Å². The van der Waals surface area contributed by atoms with Gasteiger partial charge in [-0.3, -0.25) is 4.79 Å². The zero-order chi connectivity index (χ0) is 12.9. The van der Waals surface area contributed by atoms with Gasteiger partial charge < -0.3 is 10.4 Å². The number of carbonyl (C=O) groups is 1. The molecule has 0 radical (unpaired) electrons. The van der Waals surface area contributed by atoms with Crippen molar-refractivity contribution in [3.63, 3.8) is 0 Å². The van der Waals surface area contributed by atoms with Crippen LogP contribution < -0.4 is 5.32 Å². The summed E-state index contributed by atoms with van der Waals surface area (Å²) in [6, 6.07) is 0. The van der Waals surface area contributed by atoms with E-state index in [0.29, 0.717) is 12.5 Å². The normalized spacial score (nSPS) is 20.5. The van der Waals surface area contributed by atoms with Crippen molar-refractivity contribution >= 4 is 17.7 Å². The molecule has 1 fully saturated rings. The lowest BCUT2D eigenvalue weighted by atomic mass is 10.0. The van der Waals surface area contributed by atoms with E-state index in [2.05, 4.69) is 26.1 Å². The lowest BCUT2D eigenvalue weighted by Gasteiger charge is -2.25. The summed E-state index contributed by atoms with van der Waals surface area (Å²) >= 11 is 1.68. The van der Waals surface area contributed by atoms with Gasteiger partial charge in [0.2, 0.25) is 5.91 Å². The molecule has 3 nitrogen and oxygen atoms in total. The van der Waals surface area contributed by atoms with E-state index in [1.54, 1.807) is 11.8 Å². The summed E-state index contributed by atoms with van der Waals surface area (Å²) in [5, 5.41) is 13.1. The monoisotopic (exact) mass is 259 g/mol. The first-order valence-corrected chi connectivity index (χ1v) is 7.65. The van der Waals surface area contributed by atoms with E-state index in [1.165, 1.54) is 0 Å². The van der Waals surface area contributed by atoms with Gasteiger partial charge in [-0.25, -0.2) is 0 Å². The topological polar surface area (TPSA) is 49.3 Å². The molecule has 0 aromatic rings. The molecular formula is C13H25NO2S. The number of rotatable bonds is 6. The van der Waals surface area contributed by atoms with E-state index < -0.39 is 5.60 Å². The van der Waals surface area contributed by atoms with Crippen LogP contribution >= 0.6 is 11.8 Å². The number of aliphatic hydroxyl groups is 1. The summed E-state index contributed by atoms with van der Waals surface area (Å²) in [6.07, 6.45) is 3.79. The third-order valence-electron chi connectivity index (χ3n) is 3.34. The van der Waals surface area contributed by atoms with Crippen LogP contribution in [0.15, 0.2) is 0 Å². The molecule has 0 aliphatic heterocycles. The van der Waals surface area contributed by atoms with E-state index in [0.717, 1.165) is 31.4 Å². The van der Waals surface area contributed by atoms with Gasteiger partial charge in [-0.05, 0) is 24.5 Å². The number of hydrogen-bond donors (Lipinski definition) is 2. The van der Waals surface area contributed by atoms with Gasteiger partial charge in [0, 0.05) is 6.54 Å². The van der Waals surface area contributed by atoms with Gasteiger partial charge in [0.15, 0.2) is 0 Å². The maximum absolute atomic E-state index is 12.0. The van der Waals surface area contributed by atoms with Crippen LogP contribution in [0.4, 0.5) is 0 Å². The summed E-state index contributed by atoms with van der Waals surface area (Å²) in [7, 11) is 0. The molecule has 0 saturated heterocycles. The van der Waals surface area contributed by atoms with E-state index in [-0.39, 0.29) is 11.2 Å². The molecule has 1 aliphatic rings.